The van der Waals surface area contributed by atoms with Crippen LogP contribution in [0.15, 0.2) is 36.7 Å². The molecule has 0 fully saturated rings. The van der Waals surface area contributed by atoms with E-state index in [0.717, 1.165) is 18.4 Å². The summed E-state index contributed by atoms with van der Waals surface area (Å²) in [7, 11) is 0. The Balaban J connectivity index is 2.04. The molecule has 0 saturated heterocycles. The number of aryl methyl sites for hydroxylation is 1. The maximum absolute atomic E-state index is 13.4. The molecule has 0 saturated carbocycles. The van der Waals surface area contributed by atoms with E-state index >= 15 is 0 Å². The van der Waals surface area contributed by atoms with Gasteiger partial charge in [0.25, 0.3) is 0 Å². The van der Waals surface area contributed by atoms with E-state index in [1.165, 1.54) is 6.07 Å². The molecular formula is C13H15FN2O. The third kappa shape index (κ3) is 3.14. The molecule has 0 radical (unpaired) electrons. The second kappa shape index (κ2) is 5.59. The number of nitrogens with zero attached hydrogens (tertiary/aromatic N) is 2. The van der Waals surface area contributed by atoms with Crippen LogP contribution in [0.2, 0.25) is 0 Å². The van der Waals surface area contributed by atoms with Crippen LogP contribution in [0.3, 0.4) is 0 Å². The van der Waals surface area contributed by atoms with Gasteiger partial charge in [-0.2, -0.15) is 5.10 Å². The highest BCUT2D eigenvalue weighted by Gasteiger charge is 2.03. The predicted octanol–water partition coefficient (Wildman–Crippen LogP) is 2.00. The first-order chi connectivity index (χ1) is 8.29. The fourth-order valence-electron chi connectivity index (χ4n) is 1.71. The average molecular weight is 234 g/mol. The number of aliphatic hydroxyl groups is 1. The number of rotatable bonds is 5. The van der Waals surface area contributed by atoms with Crippen molar-refractivity contribution in [3.63, 3.8) is 0 Å². The molecule has 0 aliphatic carbocycles. The van der Waals surface area contributed by atoms with Crippen LogP contribution < -0.4 is 0 Å². The molecular weight excluding hydrogens is 219 g/mol. The summed E-state index contributed by atoms with van der Waals surface area (Å²) in [4.78, 5) is 0. The standard InChI is InChI=1S/C13H15FN2O/c14-13-6-2-1-5-12(13)10-16-9-11(8-15-16)4-3-7-17/h1-2,5-6,8-9,17H,3-4,7,10H2. The number of aliphatic hydroxyl groups excluding tert-OH is 1. The largest absolute Gasteiger partial charge is 0.396 e. The predicted molar refractivity (Wildman–Crippen MR) is 63.1 cm³/mol. The van der Waals surface area contributed by atoms with Gasteiger partial charge in [-0.15, -0.1) is 0 Å². The van der Waals surface area contributed by atoms with Crippen LogP contribution in [0.25, 0.3) is 0 Å². The van der Waals surface area contributed by atoms with Gasteiger partial charge < -0.3 is 5.11 Å². The van der Waals surface area contributed by atoms with Gasteiger partial charge >= 0.3 is 0 Å². The highest BCUT2D eigenvalue weighted by molar-refractivity contribution is 5.18. The lowest BCUT2D eigenvalue weighted by Gasteiger charge is -2.02. The highest BCUT2D eigenvalue weighted by Crippen LogP contribution is 2.09. The molecule has 0 bridgehead atoms. The molecule has 0 amide bonds. The summed E-state index contributed by atoms with van der Waals surface area (Å²) in [5, 5.41) is 12.9. The molecule has 0 aliphatic heterocycles. The second-order valence-corrected chi connectivity index (χ2v) is 3.96. The van der Waals surface area contributed by atoms with Crippen LogP contribution in [0.4, 0.5) is 4.39 Å². The van der Waals surface area contributed by atoms with Crippen molar-refractivity contribution < 1.29 is 9.50 Å². The van der Waals surface area contributed by atoms with Gasteiger partial charge in [0.2, 0.25) is 0 Å². The maximum Gasteiger partial charge on any atom is 0.128 e. The van der Waals surface area contributed by atoms with Crippen molar-refractivity contribution in [2.24, 2.45) is 0 Å². The average Bonchev–Trinajstić information content (AvgIpc) is 2.77. The Morgan fingerprint density at radius 1 is 1.29 bits per heavy atom. The quantitative estimate of drug-likeness (QED) is 0.859. The molecule has 1 heterocycles. The lowest BCUT2D eigenvalue weighted by molar-refractivity contribution is 0.288. The van der Waals surface area contributed by atoms with E-state index in [0.29, 0.717) is 12.1 Å². The van der Waals surface area contributed by atoms with Crippen LogP contribution in [0, 0.1) is 5.82 Å². The molecule has 1 N–H and O–H groups in total. The summed E-state index contributed by atoms with van der Waals surface area (Å²) in [6, 6.07) is 6.69. The van der Waals surface area contributed by atoms with Crippen LogP contribution >= 0.6 is 0 Å². The Hall–Kier alpha value is -1.68. The second-order valence-electron chi connectivity index (χ2n) is 3.96. The summed E-state index contributed by atoms with van der Waals surface area (Å²) < 4.78 is 15.1. The summed E-state index contributed by atoms with van der Waals surface area (Å²) in [5.74, 6) is -0.208. The molecule has 0 unspecified atom stereocenters. The number of hydrogen-bond acceptors (Lipinski definition) is 2. The number of benzene rings is 1. The first kappa shape index (κ1) is 11.8. The van der Waals surface area contributed by atoms with Gasteiger partial charge in [-0.05, 0) is 24.5 Å². The summed E-state index contributed by atoms with van der Waals surface area (Å²) >= 11 is 0. The van der Waals surface area contributed by atoms with Crippen LogP contribution in [0.1, 0.15) is 17.5 Å². The molecule has 90 valence electrons. The van der Waals surface area contributed by atoms with Crippen molar-refractivity contribution >= 4 is 0 Å². The Labute approximate surface area is 99.5 Å². The van der Waals surface area contributed by atoms with Gasteiger partial charge in [-0.1, -0.05) is 18.2 Å². The summed E-state index contributed by atoms with van der Waals surface area (Å²) in [6.07, 6.45) is 5.18. The lowest BCUT2D eigenvalue weighted by atomic mass is 10.2. The first-order valence-electron chi connectivity index (χ1n) is 5.65. The molecule has 0 aliphatic rings. The smallest absolute Gasteiger partial charge is 0.128 e. The van der Waals surface area contributed by atoms with E-state index in [-0.39, 0.29) is 12.4 Å². The molecule has 1 aromatic carbocycles. The van der Waals surface area contributed by atoms with Crippen molar-refractivity contribution in [3.05, 3.63) is 53.6 Å². The Morgan fingerprint density at radius 3 is 2.88 bits per heavy atom. The molecule has 2 aromatic rings. The molecule has 0 atom stereocenters. The van der Waals surface area contributed by atoms with Crippen molar-refractivity contribution in [2.45, 2.75) is 19.4 Å². The van der Waals surface area contributed by atoms with Crippen LogP contribution in [0.5, 0.6) is 0 Å². The minimum atomic E-state index is -0.208. The van der Waals surface area contributed by atoms with Gasteiger partial charge in [0.1, 0.15) is 5.82 Å². The van der Waals surface area contributed by atoms with Gasteiger partial charge in [-0.3, -0.25) is 4.68 Å². The summed E-state index contributed by atoms with van der Waals surface area (Å²) in [6.45, 7) is 0.615. The number of aromatic nitrogens is 2. The zero-order chi connectivity index (χ0) is 12.1. The van der Waals surface area contributed by atoms with E-state index in [1.54, 1.807) is 23.0 Å². The zero-order valence-corrected chi connectivity index (χ0v) is 9.51. The Kier molecular flexibility index (Phi) is 3.88. The lowest BCUT2D eigenvalue weighted by Crippen LogP contribution is -2.01. The molecule has 2 rings (SSSR count). The van der Waals surface area contributed by atoms with Crippen LogP contribution in [-0.4, -0.2) is 21.5 Å². The molecule has 3 nitrogen and oxygen atoms in total. The van der Waals surface area contributed by atoms with Gasteiger partial charge in [0, 0.05) is 18.4 Å². The van der Waals surface area contributed by atoms with E-state index < -0.39 is 0 Å². The minimum absolute atomic E-state index is 0.179. The third-order valence-electron chi connectivity index (χ3n) is 2.60. The molecule has 0 spiro atoms. The molecule has 4 heteroatoms. The Morgan fingerprint density at radius 2 is 2.12 bits per heavy atom. The van der Waals surface area contributed by atoms with E-state index in [4.69, 9.17) is 5.11 Å². The fourth-order valence-corrected chi connectivity index (χ4v) is 1.71. The van der Waals surface area contributed by atoms with Gasteiger partial charge in [0.05, 0.1) is 12.7 Å². The Bertz CT molecular complexity index is 482. The van der Waals surface area contributed by atoms with Crippen molar-refractivity contribution in [1.82, 2.24) is 9.78 Å². The van der Waals surface area contributed by atoms with E-state index in [1.807, 2.05) is 12.3 Å². The maximum atomic E-state index is 13.4. The van der Waals surface area contributed by atoms with E-state index in [9.17, 15) is 4.39 Å². The normalized spacial score (nSPS) is 10.7. The monoisotopic (exact) mass is 234 g/mol. The van der Waals surface area contributed by atoms with Gasteiger partial charge in [0.15, 0.2) is 0 Å². The minimum Gasteiger partial charge on any atom is -0.396 e. The zero-order valence-electron chi connectivity index (χ0n) is 9.51. The van der Waals surface area contributed by atoms with Crippen LogP contribution in [-0.2, 0) is 13.0 Å². The summed E-state index contributed by atoms with van der Waals surface area (Å²) in [5.41, 5.74) is 1.69. The first-order valence-corrected chi connectivity index (χ1v) is 5.65. The topological polar surface area (TPSA) is 38.1 Å². The highest BCUT2D eigenvalue weighted by atomic mass is 19.1. The number of halogens is 1. The fraction of sp³-hybridized carbons (Fsp3) is 0.308. The number of hydrogen-bond donors (Lipinski definition) is 1. The van der Waals surface area contributed by atoms with Crippen molar-refractivity contribution in [2.75, 3.05) is 6.61 Å². The molecule has 1 aromatic heterocycles. The van der Waals surface area contributed by atoms with Crippen molar-refractivity contribution in [1.29, 1.82) is 0 Å². The van der Waals surface area contributed by atoms with Crippen molar-refractivity contribution in [3.8, 4) is 0 Å². The van der Waals surface area contributed by atoms with Gasteiger partial charge in [-0.25, -0.2) is 4.39 Å². The SMILES string of the molecule is OCCCc1cnn(Cc2ccccc2F)c1. The third-order valence-corrected chi connectivity index (χ3v) is 2.60. The molecule has 17 heavy (non-hydrogen) atoms. The van der Waals surface area contributed by atoms with E-state index in [2.05, 4.69) is 5.10 Å².